The average molecular weight is 948 g/mol. The molecule has 7 N–H and O–H groups in total. The van der Waals surface area contributed by atoms with Gasteiger partial charge in [-0.25, -0.2) is 0 Å². The molecular weight excluding hydrogens is 871 g/mol. The Morgan fingerprint density at radius 3 is 1.99 bits per heavy atom. The number of ether oxygens (including phenoxy) is 4. The Morgan fingerprint density at radius 1 is 0.824 bits per heavy atom. The molecule has 15 heteroatoms. The number of Topliss-reactive ketones (excluding diaryl/α,β-unsaturated/α-hetero) is 1. The number of nitrogens with zero attached hydrogens (tertiary/aromatic N) is 1. The third-order valence-corrected chi connectivity index (χ3v) is 14.3. The maximum Gasteiger partial charge on any atom is 0.312 e. The minimum absolute atomic E-state index is 0.0252. The summed E-state index contributed by atoms with van der Waals surface area (Å²) in [4.78, 5) is 41.0. The van der Waals surface area contributed by atoms with Crippen molar-refractivity contribution < 1.29 is 58.9 Å². The van der Waals surface area contributed by atoms with E-state index >= 15 is 0 Å². The van der Waals surface area contributed by atoms with Crippen molar-refractivity contribution in [2.75, 3.05) is 12.4 Å². The van der Waals surface area contributed by atoms with Gasteiger partial charge in [0.15, 0.2) is 5.75 Å². The third kappa shape index (κ3) is 12.6. The van der Waals surface area contributed by atoms with Crippen LogP contribution in [0.2, 0.25) is 0 Å². The number of hydrogen-bond donors (Lipinski definition) is 7. The van der Waals surface area contributed by atoms with E-state index in [1.165, 1.54) is 104 Å². The van der Waals surface area contributed by atoms with E-state index in [2.05, 4.69) is 15.8 Å². The van der Waals surface area contributed by atoms with Crippen LogP contribution in [-0.2, 0) is 23.8 Å². The molecule has 1 fully saturated rings. The summed E-state index contributed by atoms with van der Waals surface area (Å²) in [5, 5.41) is 66.0. The van der Waals surface area contributed by atoms with Gasteiger partial charge in [-0.3, -0.25) is 14.4 Å². The van der Waals surface area contributed by atoms with Crippen molar-refractivity contribution in [1.82, 2.24) is 5.43 Å². The summed E-state index contributed by atoms with van der Waals surface area (Å²) >= 11 is 0. The lowest BCUT2D eigenvalue weighted by molar-refractivity contribution is -0.160. The molecule has 376 valence electrons. The van der Waals surface area contributed by atoms with Gasteiger partial charge in [-0.2, -0.15) is 5.10 Å². The predicted octanol–water partition coefficient (Wildman–Crippen LogP) is 9.52. The molecule has 2 aromatic rings. The van der Waals surface area contributed by atoms with E-state index in [1.807, 2.05) is 0 Å². The number of phenolic OH excluding ortho intramolecular Hbond substituents is 3. The first kappa shape index (κ1) is 53.8. The number of phenols is 3. The Morgan fingerprint density at radius 2 is 1.41 bits per heavy atom. The molecule has 1 saturated carbocycles. The van der Waals surface area contributed by atoms with E-state index in [0.717, 1.165) is 38.5 Å². The molecular formula is C53H77N3O12. The smallest absolute Gasteiger partial charge is 0.312 e. The highest BCUT2D eigenvalue weighted by Gasteiger charge is 2.50. The second-order valence-corrected chi connectivity index (χ2v) is 19.5. The first-order valence-electron chi connectivity index (χ1n) is 24.7. The molecule has 2 aromatic carbocycles. The van der Waals surface area contributed by atoms with Crippen LogP contribution >= 0.6 is 0 Å². The molecule has 1 aliphatic carbocycles. The van der Waals surface area contributed by atoms with Gasteiger partial charge < -0.3 is 55.2 Å². The lowest BCUT2D eigenvalue weighted by Gasteiger charge is -2.38. The summed E-state index contributed by atoms with van der Waals surface area (Å²) in [7, 11) is 1.45. The van der Waals surface area contributed by atoms with Crippen LogP contribution in [-0.4, -0.2) is 92.8 Å². The number of allylic oxidation sites excluding steroid dienone is 2. The number of rotatable bonds is 5. The van der Waals surface area contributed by atoms with Crippen LogP contribution in [0.5, 0.6) is 23.0 Å². The Hall–Kier alpha value is -5.12. The molecule has 1 amide bonds. The largest absolute Gasteiger partial charge is 0.507 e. The zero-order valence-electron chi connectivity index (χ0n) is 41.6. The minimum atomic E-state index is -2.05. The number of hydrogen-bond acceptors (Lipinski definition) is 14. The van der Waals surface area contributed by atoms with E-state index < -0.39 is 88.8 Å². The number of aliphatic hydroxyl groups is 2. The van der Waals surface area contributed by atoms with E-state index in [0.29, 0.717) is 0 Å². The van der Waals surface area contributed by atoms with Gasteiger partial charge in [-0.05, 0) is 32.8 Å². The number of anilines is 1. The number of carbonyl (C=O) groups excluding carboxylic acids is 3. The summed E-state index contributed by atoms with van der Waals surface area (Å²) in [6, 6.07) is 0.0252. The average Bonchev–Trinajstić information content (AvgIpc) is 3.56. The number of esters is 1. The fourth-order valence-corrected chi connectivity index (χ4v) is 9.90. The topological polar surface area (TPSA) is 226 Å². The van der Waals surface area contributed by atoms with Crippen LogP contribution in [0.15, 0.2) is 41.2 Å². The summed E-state index contributed by atoms with van der Waals surface area (Å²) in [6.07, 6.45) is 21.0. The minimum Gasteiger partial charge on any atom is -0.507 e. The molecule has 0 saturated heterocycles. The molecule has 0 aromatic heterocycles. The fourth-order valence-electron chi connectivity index (χ4n) is 9.90. The summed E-state index contributed by atoms with van der Waals surface area (Å²) in [6.45, 7) is 12.6. The molecule has 6 rings (SSSR count). The second kappa shape index (κ2) is 24.4. The van der Waals surface area contributed by atoms with Crippen molar-refractivity contribution in [3.8, 4) is 23.0 Å². The highest BCUT2D eigenvalue weighted by molar-refractivity contribution is 6.23. The Kier molecular flexibility index (Phi) is 19.3. The van der Waals surface area contributed by atoms with Crippen molar-refractivity contribution in [1.29, 1.82) is 0 Å². The van der Waals surface area contributed by atoms with E-state index in [9.17, 15) is 39.9 Å². The van der Waals surface area contributed by atoms with Crippen molar-refractivity contribution in [2.24, 2.45) is 28.8 Å². The molecule has 9 atom stereocenters. The quantitative estimate of drug-likeness (QED) is 0.0488. The first-order chi connectivity index (χ1) is 32.3. The molecule has 3 aliphatic heterocycles. The van der Waals surface area contributed by atoms with E-state index in [4.69, 9.17) is 18.9 Å². The molecule has 0 unspecified atom stereocenters. The van der Waals surface area contributed by atoms with Crippen LogP contribution in [0, 0.1) is 30.6 Å². The van der Waals surface area contributed by atoms with Crippen molar-refractivity contribution in [3.05, 3.63) is 52.8 Å². The van der Waals surface area contributed by atoms with Crippen molar-refractivity contribution in [2.45, 2.75) is 182 Å². The standard InChI is InChI=1S/C53H77N3O12/c1-30-23-22-24-31(2)52(64)55-43-38(29-54-56-37-25-20-18-16-14-12-10-11-13-15-17-19-21-26-37)47(61)40-41(48(43)62)46(60)35(6)50-42(40)51(63)53(8,68-50)66-28-27-39(65-9)32(3)49(67-36(7)57)34(5)45(59)33(4)44(30)58/h22-24,27-30,32-34,37,39,44-45,49,56,58-62H,10-21,25-26H2,1-9H3,(H,55,64)/b23-22+,28-27+,31-24-,54-29+/t30-,32+,33+,34+,39-,44-,45+,49+,53-/m0/s1. The maximum atomic E-state index is 14.6. The monoisotopic (exact) mass is 948 g/mol. The van der Waals surface area contributed by atoms with Gasteiger partial charge in [0.1, 0.15) is 23.4 Å². The number of benzene rings is 2. The van der Waals surface area contributed by atoms with Crippen molar-refractivity contribution in [3.63, 3.8) is 0 Å². The Balaban J connectivity index is 1.63. The summed E-state index contributed by atoms with van der Waals surface area (Å²) < 4.78 is 23.8. The van der Waals surface area contributed by atoms with Crippen LogP contribution < -0.4 is 15.5 Å². The van der Waals surface area contributed by atoms with Gasteiger partial charge in [0.05, 0.1) is 53.0 Å². The van der Waals surface area contributed by atoms with Crippen LogP contribution in [0.25, 0.3) is 10.8 Å². The van der Waals surface area contributed by atoms with E-state index in [-0.39, 0.29) is 50.5 Å². The van der Waals surface area contributed by atoms with Gasteiger partial charge in [0, 0.05) is 67.2 Å². The molecule has 15 nitrogen and oxygen atoms in total. The van der Waals surface area contributed by atoms with Gasteiger partial charge in [0.25, 0.3) is 11.7 Å². The lowest BCUT2D eigenvalue weighted by atomic mass is 9.78. The van der Waals surface area contributed by atoms with Crippen LogP contribution in [0.1, 0.15) is 160 Å². The van der Waals surface area contributed by atoms with Crippen molar-refractivity contribution >= 4 is 40.3 Å². The zero-order valence-corrected chi connectivity index (χ0v) is 41.6. The SMILES string of the molecule is CO[C@H]1/C=C/O[C@@]2(C)Oc3c(C)c(O)c4c(O)c(c(/C=N/NC5CCCCCCCCCCCCCC5)c(O)c4c3C2=O)NC(=O)/C(C)=C\C=C\[C@H](C)[C@H](O)[C@@H](C)[C@@H](O)[C@@H](C)[C@H](OC(C)=O)[C@@H]1C. The molecule has 5 bridgehead atoms. The predicted molar refractivity (Wildman–Crippen MR) is 263 cm³/mol. The van der Waals surface area contributed by atoms with Gasteiger partial charge >= 0.3 is 11.8 Å². The number of hydrazone groups is 1. The lowest BCUT2D eigenvalue weighted by Crippen LogP contribution is -2.46. The number of nitrogens with one attached hydrogen (secondary N) is 2. The zero-order chi connectivity index (χ0) is 49.9. The van der Waals surface area contributed by atoms with Gasteiger partial charge in [0.2, 0.25) is 0 Å². The van der Waals surface area contributed by atoms with Crippen LogP contribution in [0.4, 0.5) is 5.69 Å². The number of carbonyl (C=O) groups is 3. The number of methoxy groups -OCH3 is 1. The van der Waals surface area contributed by atoms with E-state index in [1.54, 1.807) is 46.8 Å². The second-order valence-electron chi connectivity index (χ2n) is 19.5. The summed E-state index contributed by atoms with van der Waals surface area (Å²) in [5.41, 5.74) is 2.98. The highest BCUT2D eigenvalue weighted by atomic mass is 16.7. The maximum absolute atomic E-state index is 14.6. The number of aliphatic hydroxyl groups excluding tert-OH is 2. The molecule has 0 spiro atoms. The third-order valence-electron chi connectivity index (χ3n) is 14.3. The molecule has 3 heterocycles. The molecule has 4 aliphatic rings. The fraction of sp³-hybridized carbons (Fsp3) is 0.623. The van der Waals surface area contributed by atoms with Gasteiger partial charge in [-0.1, -0.05) is 123 Å². The number of amides is 1. The highest BCUT2D eigenvalue weighted by Crippen LogP contribution is 2.55. The first-order valence-corrected chi connectivity index (χ1v) is 24.7. The van der Waals surface area contributed by atoms with Crippen LogP contribution in [0.3, 0.4) is 0 Å². The molecule has 68 heavy (non-hydrogen) atoms. The number of ketones is 1. The Bertz CT molecular complexity index is 2200. The van der Waals surface area contributed by atoms with Gasteiger partial charge in [-0.15, -0.1) is 0 Å². The number of aromatic hydroxyl groups is 3. The Labute approximate surface area is 402 Å². The molecule has 0 radical (unpaired) electrons. The summed E-state index contributed by atoms with van der Waals surface area (Å²) in [5.74, 6) is -8.30. The number of fused-ring (bicyclic) bond motifs is 14. The normalized spacial score (nSPS) is 30.9.